The van der Waals surface area contributed by atoms with Gasteiger partial charge in [0, 0.05) is 24.6 Å². The maximum Gasteiger partial charge on any atom is 0.123 e. The highest BCUT2D eigenvalue weighted by Gasteiger charge is 2.27. The highest BCUT2D eigenvalue weighted by atomic mass is 19.1. The third kappa shape index (κ3) is 3.10. The maximum atomic E-state index is 13.4. The van der Waals surface area contributed by atoms with E-state index in [1.807, 2.05) is 18.2 Å². The predicted octanol–water partition coefficient (Wildman–Crippen LogP) is 4.66. The lowest BCUT2D eigenvalue weighted by molar-refractivity contribution is 0.181. The Balaban J connectivity index is 1.88. The molecule has 1 aliphatic heterocycles. The summed E-state index contributed by atoms with van der Waals surface area (Å²) in [5.41, 5.74) is 3.89. The van der Waals surface area contributed by atoms with Gasteiger partial charge in [-0.3, -0.25) is 0 Å². The highest BCUT2D eigenvalue weighted by molar-refractivity contribution is 5.89. The summed E-state index contributed by atoms with van der Waals surface area (Å²) in [5.74, 6) is -0.232. The van der Waals surface area contributed by atoms with Gasteiger partial charge in [0.15, 0.2) is 0 Å². The lowest BCUT2D eigenvalue weighted by Gasteiger charge is -2.28. The summed E-state index contributed by atoms with van der Waals surface area (Å²) in [5, 5.41) is 1.12. The largest absolute Gasteiger partial charge is 0.383 e. The number of ether oxygens (including phenoxy) is 1. The second-order valence-electron chi connectivity index (χ2n) is 6.50. The molecule has 3 aromatic rings. The number of anilines is 1. The molecule has 0 aliphatic carbocycles. The van der Waals surface area contributed by atoms with Gasteiger partial charge in [0.05, 0.1) is 29.5 Å². The van der Waals surface area contributed by atoms with E-state index >= 15 is 0 Å². The average Bonchev–Trinajstić information content (AvgIpc) is 3.10. The number of hydrogen-bond donors (Lipinski definition) is 0. The third-order valence-corrected chi connectivity index (χ3v) is 4.87. The number of para-hydroxylation sites is 1. The Morgan fingerprint density at radius 2 is 1.96 bits per heavy atom. The van der Waals surface area contributed by atoms with Gasteiger partial charge in [-0.05, 0) is 49.2 Å². The van der Waals surface area contributed by atoms with Crippen molar-refractivity contribution < 1.29 is 9.13 Å². The second kappa shape index (κ2) is 6.81. The van der Waals surface area contributed by atoms with Crippen LogP contribution in [0.15, 0.2) is 54.6 Å². The van der Waals surface area contributed by atoms with Crippen molar-refractivity contribution in [2.75, 3.05) is 25.2 Å². The zero-order valence-electron chi connectivity index (χ0n) is 14.3. The number of nitrogens with zero attached hydrogens (tertiary/aromatic N) is 2. The first kappa shape index (κ1) is 16.0. The molecule has 128 valence electrons. The number of halogens is 1. The van der Waals surface area contributed by atoms with Gasteiger partial charge in [0.25, 0.3) is 0 Å². The van der Waals surface area contributed by atoms with Crippen LogP contribution in [0.2, 0.25) is 0 Å². The normalized spacial score (nSPS) is 17.4. The molecule has 4 heteroatoms. The molecular formula is C21H21FN2O. The number of aromatic nitrogens is 1. The van der Waals surface area contributed by atoms with Gasteiger partial charge in [-0.2, -0.15) is 0 Å². The highest BCUT2D eigenvalue weighted by Crippen LogP contribution is 2.36. The van der Waals surface area contributed by atoms with E-state index in [0.717, 1.165) is 47.2 Å². The Morgan fingerprint density at radius 3 is 2.76 bits per heavy atom. The van der Waals surface area contributed by atoms with Gasteiger partial charge in [0.2, 0.25) is 0 Å². The van der Waals surface area contributed by atoms with E-state index in [9.17, 15) is 4.39 Å². The fourth-order valence-corrected chi connectivity index (χ4v) is 3.66. The Bertz CT molecular complexity index is 879. The summed E-state index contributed by atoms with van der Waals surface area (Å²) in [7, 11) is 1.75. The van der Waals surface area contributed by atoms with Crippen molar-refractivity contribution in [3.8, 4) is 11.3 Å². The van der Waals surface area contributed by atoms with E-state index < -0.39 is 0 Å². The van der Waals surface area contributed by atoms with Crippen molar-refractivity contribution in [2.24, 2.45) is 0 Å². The van der Waals surface area contributed by atoms with Crippen LogP contribution in [0.4, 0.5) is 10.1 Å². The molecule has 1 saturated heterocycles. The van der Waals surface area contributed by atoms with Crippen LogP contribution in [-0.2, 0) is 4.74 Å². The molecule has 1 atom stereocenters. The van der Waals surface area contributed by atoms with E-state index in [-0.39, 0.29) is 5.82 Å². The van der Waals surface area contributed by atoms with Crippen LogP contribution in [-0.4, -0.2) is 31.3 Å². The van der Waals surface area contributed by atoms with Crippen molar-refractivity contribution in [1.82, 2.24) is 4.98 Å². The first-order valence-electron chi connectivity index (χ1n) is 8.67. The molecule has 0 amide bonds. The maximum absolute atomic E-state index is 13.4. The van der Waals surface area contributed by atoms with E-state index in [1.165, 1.54) is 12.1 Å². The molecule has 0 bridgehead atoms. The number of hydrogen-bond acceptors (Lipinski definition) is 3. The van der Waals surface area contributed by atoms with Gasteiger partial charge in [0.1, 0.15) is 5.82 Å². The van der Waals surface area contributed by atoms with Crippen molar-refractivity contribution in [1.29, 1.82) is 0 Å². The molecule has 4 rings (SSSR count). The molecule has 1 aliphatic rings. The van der Waals surface area contributed by atoms with Crippen molar-refractivity contribution >= 4 is 16.6 Å². The molecule has 0 unspecified atom stereocenters. The standard InChI is InChI=1S/C21H21FN2O/c1-25-14-18-6-4-12-24(18)20-13-16-5-2-3-7-19(16)23-21(20)15-8-10-17(22)11-9-15/h2-3,5,7-11,13,18H,4,6,12,14H2,1H3/t18-/m1/s1. The van der Waals surface area contributed by atoms with Crippen LogP contribution >= 0.6 is 0 Å². The molecular weight excluding hydrogens is 315 g/mol. The van der Waals surface area contributed by atoms with Gasteiger partial charge >= 0.3 is 0 Å². The van der Waals surface area contributed by atoms with Gasteiger partial charge < -0.3 is 9.64 Å². The van der Waals surface area contributed by atoms with Crippen molar-refractivity contribution in [2.45, 2.75) is 18.9 Å². The first-order chi connectivity index (χ1) is 12.3. The fourth-order valence-electron chi connectivity index (χ4n) is 3.66. The first-order valence-corrected chi connectivity index (χ1v) is 8.67. The summed E-state index contributed by atoms with van der Waals surface area (Å²) >= 11 is 0. The van der Waals surface area contributed by atoms with Crippen LogP contribution in [0.3, 0.4) is 0 Å². The Kier molecular flexibility index (Phi) is 4.36. The van der Waals surface area contributed by atoms with Crippen LogP contribution in [0, 0.1) is 5.82 Å². The molecule has 0 spiro atoms. The minimum Gasteiger partial charge on any atom is -0.383 e. The molecule has 1 fully saturated rings. The van der Waals surface area contributed by atoms with E-state index in [0.29, 0.717) is 12.6 Å². The van der Waals surface area contributed by atoms with Crippen LogP contribution in [0.25, 0.3) is 22.2 Å². The summed E-state index contributed by atoms with van der Waals surface area (Å²) < 4.78 is 18.8. The van der Waals surface area contributed by atoms with Crippen LogP contribution in [0.5, 0.6) is 0 Å². The molecule has 2 heterocycles. The smallest absolute Gasteiger partial charge is 0.123 e. The molecule has 0 saturated carbocycles. The monoisotopic (exact) mass is 336 g/mol. The zero-order chi connectivity index (χ0) is 17.2. The van der Waals surface area contributed by atoms with Gasteiger partial charge in [-0.15, -0.1) is 0 Å². The Labute approximate surface area is 147 Å². The number of fused-ring (bicyclic) bond motifs is 1. The number of pyridine rings is 1. The van der Waals surface area contributed by atoms with Gasteiger partial charge in [-0.25, -0.2) is 9.37 Å². The number of benzene rings is 2. The summed E-state index contributed by atoms with van der Waals surface area (Å²) in [6, 6.07) is 17.3. The summed E-state index contributed by atoms with van der Waals surface area (Å²) in [6.45, 7) is 1.69. The molecule has 25 heavy (non-hydrogen) atoms. The van der Waals surface area contributed by atoms with E-state index in [2.05, 4.69) is 17.0 Å². The second-order valence-corrected chi connectivity index (χ2v) is 6.50. The predicted molar refractivity (Wildman–Crippen MR) is 99.4 cm³/mol. The third-order valence-electron chi connectivity index (χ3n) is 4.87. The van der Waals surface area contributed by atoms with Crippen LogP contribution in [0.1, 0.15) is 12.8 Å². The lowest BCUT2D eigenvalue weighted by Crippen LogP contribution is -2.33. The zero-order valence-corrected chi connectivity index (χ0v) is 14.3. The summed E-state index contributed by atoms with van der Waals surface area (Å²) in [4.78, 5) is 7.30. The Morgan fingerprint density at radius 1 is 1.16 bits per heavy atom. The van der Waals surface area contributed by atoms with Crippen LogP contribution < -0.4 is 4.90 Å². The van der Waals surface area contributed by atoms with Crippen molar-refractivity contribution in [3.63, 3.8) is 0 Å². The SMILES string of the molecule is COC[C@H]1CCCN1c1cc2ccccc2nc1-c1ccc(F)cc1. The lowest BCUT2D eigenvalue weighted by atomic mass is 10.1. The molecule has 3 nitrogen and oxygen atoms in total. The minimum absolute atomic E-state index is 0.232. The number of rotatable bonds is 4. The topological polar surface area (TPSA) is 25.4 Å². The number of methoxy groups -OCH3 is 1. The molecule has 0 radical (unpaired) electrons. The summed E-state index contributed by atoms with van der Waals surface area (Å²) in [6.07, 6.45) is 2.26. The molecule has 0 N–H and O–H groups in total. The molecule has 2 aromatic carbocycles. The Hall–Kier alpha value is -2.46. The van der Waals surface area contributed by atoms with E-state index in [4.69, 9.17) is 9.72 Å². The van der Waals surface area contributed by atoms with Crippen molar-refractivity contribution in [3.05, 3.63) is 60.4 Å². The van der Waals surface area contributed by atoms with Gasteiger partial charge in [-0.1, -0.05) is 18.2 Å². The quantitative estimate of drug-likeness (QED) is 0.693. The minimum atomic E-state index is -0.232. The van der Waals surface area contributed by atoms with E-state index in [1.54, 1.807) is 19.2 Å². The average molecular weight is 336 g/mol. The fraction of sp³-hybridized carbons (Fsp3) is 0.286. The molecule has 1 aromatic heterocycles.